The van der Waals surface area contributed by atoms with Gasteiger partial charge in [-0.25, -0.2) is 9.13 Å². The number of carbonyl (C=O) groups excluding carboxylic acids is 1. The first kappa shape index (κ1) is 36.2. The van der Waals surface area contributed by atoms with Crippen molar-refractivity contribution in [3.63, 3.8) is 0 Å². The molecule has 0 aliphatic carbocycles. The van der Waals surface area contributed by atoms with Crippen LogP contribution in [0.3, 0.4) is 0 Å². The first-order chi connectivity index (χ1) is 6.77. The molecule has 0 rings (SSSR count). The van der Waals surface area contributed by atoms with E-state index in [0.717, 1.165) is 6.26 Å². The van der Waals surface area contributed by atoms with E-state index in [-0.39, 0.29) is 22.4 Å². The highest BCUT2D eigenvalue weighted by Gasteiger charge is 2.00. The van der Waals surface area contributed by atoms with E-state index in [0.29, 0.717) is 0 Å². The lowest BCUT2D eigenvalue weighted by atomic mass is 10.8. The number of rotatable bonds is 1. The Morgan fingerprint density at radius 1 is 0.947 bits per heavy atom. The van der Waals surface area contributed by atoms with E-state index < -0.39 is 15.6 Å². The van der Waals surface area contributed by atoms with Crippen LogP contribution >= 0.6 is 15.6 Å². The summed E-state index contributed by atoms with van der Waals surface area (Å²) in [6.07, 6.45) is 1.10. The Labute approximate surface area is 107 Å². The molecule has 0 saturated heterocycles. The van der Waals surface area contributed by atoms with E-state index >= 15 is 0 Å². The second-order valence-corrected chi connectivity index (χ2v) is 3.86. The second kappa shape index (κ2) is 17.3. The molecular weight excluding hydrogens is 318 g/mol. The fourth-order valence-electron chi connectivity index (χ4n) is 0.117. The number of esters is 1. The number of hydrogen-bond acceptors (Lipinski definition) is 4. The summed E-state index contributed by atoms with van der Waals surface area (Å²) in [7, 11) is -9.28. The maximum absolute atomic E-state index is 9.75. The predicted octanol–water partition coefficient (Wildman–Crippen LogP) is -3.64. The topological polar surface area (TPSA) is 276 Å². The molecule has 0 atom stereocenters. The van der Waals surface area contributed by atoms with Crippen molar-refractivity contribution in [3.05, 3.63) is 12.8 Å². The predicted molar refractivity (Wildman–Crippen MR) is 61.3 cm³/mol. The minimum Gasteiger partial charge on any atom is -0.435 e. The number of hydrogen-bond donors (Lipinski definition) is 6. The minimum absolute atomic E-state index is 0. The molecule has 0 spiro atoms. The van der Waals surface area contributed by atoms with Gasteiger partial charge in [-0.2, -0.15) is 0 Å². The number of ether oxygens (including phenoxy) is 1. The summed E-state index contributed by atoms with van der Waals surface area (Å²) in [5.41, 5.74) is 0. The zero-order chi connectivity index (χ0) is 14.0. The molecule has 0 aromatic carbocycles. The summed E-state index contributed by atoms with van der Waals surface area (Å²) in [4.78, 5) is 52.9. The average molecular weight is 336 g/mol. The highest BCUT2D eigenvalue weighted by molar-refractivity contribution is 7.45. The van der Waals surface area contributed by atoms with Crippen molar-refractivity contribution in [2.24, 2.45) is 0 Å². The second-order valence-electron chi connectivity index (χ2n) is 1.80. The molecule has 12 N–H and O–H groups in total. The molecule has 0 saturated carbocycles. The van der Waals surface area contributed by atoms with Gasteiger partial charge in [0, 0.05) is 6.92 Å². The van der Waals surface area contributed by atoms with Crippen molar-refractivity contribution in [1.82, 2.24) is 0 Å². The maximum Gasteiger partial charge on any atom is 0.466 e. The van der Waals surface area contributed by atoms with Gasteiger partial charge in [0.2, 0.25) is 0 Å². The lowest BCUT2D eigenvalue weighted by molar-refractivity contribution is -0.135. The Bertz CT molecular complexity index is 250. The van der Waals surface area contributed by atoms with Crippen LogP contribution in [0.25, 0.3) is 0 Å². The third-order valence-electron chi connectivity index (χ3n) is 0.249. The highest BCUT2D eigenvalue weighted by atomic mass is 31.2. The van der Waals surface area contributed by atoms with E-state index in [9.17, 15) is 4.79 Å². The van der Waals surface area contributed by atoms with Crippen LogP contribution in [0.2, 0.25) is 0 Å². The van der Waals surface area contributed by atoms with Crippen molar-refractivity contribution in [2.75, 3.05) is 0 Å². The van der Waals surface area contributed by atoms with Crippen molar-refractivity contribution < 1.29 is 64.5 Å². The Hall–Kier alpha value is -0.690. The summed E-state index contributed by atoms with van der Waals surface area (Å²) in [6.45, 7) is 4.48. The van der Waals surface area contributed by atoms with Gasteiger partial charge >= 0.3 is 21.6 Å². The van der Waals surface area contributed by atoms with E-state index in [2.05, 4.69) is 11.3 Å². The molecule has 19 heavy (non-hydrogen) atoms. The van der Waals surface area contributed by atoms with Crippen molar-refractivity contribution in [2.45, 2.75) is 6.92 Å². The zero-order valence-corrected chi connectivity index (χ0v) is 11.3. The van der Waals surface area contributed by atoms with Gasteiger partial charge < -0.3 is 50.5 Å². The number of phosphoric acid groups is 2. The van der Waals surface area contributed by atoms with Crippen LogP contribution in [-0.4, -0.2) is 51.8 Å². The van der Waals surface area contributed by atoms with Crippen LogP contribution < -0.4 is 0 Å². The summed E-state index contributed by atoms with van der Waals surface area (Å²) < 4.78 is 21.9. The van der Waals surface area contributed by atoms with E-state index in [1.807, 2.05) is 0 Å². The third kappa shape index (κ3) is 760. The van der Waals surface area contributed by atoms with Gasteiger partial charge in [-0.1, -0.05) is 6.58 Å². The zero-order valence-electron chi connectivity index (χ0n) is 9.50. The smallest absolute Gasteiger partial charge is 0.435 e. The number of carbonyl (C=O) groups is 1. The van der Waals surface area contributed by atoms with Gasteiger partial charge in [-0.15, -0.1) is 0 Å². The SMILES string of the molecule is C=COC(C)=O.O.O.O.O=P(O)(O)O.O=P(O)(O)O. The fraction of sp³-hybridized carbons (Fsp3) is 0.250. The lowest BCUT2D eigenvalue weighted by Gasteiger charge is -1.83. The maximum atomic E-state index is 9.75. The lowest BCUT2D eigenvalue weighted by Crippen LogP contribution is -1.87. The minimum atomic E-state index is -4.64. The van der Waals surface area contributed by atoms with Gasteiger partial charge in [0.1, 0.15) is 0 Å². The standard InChI is InChI=1S/C4H6O2.2H3O4P.3H2O/c1-3-6-4(2)5;2*1-5(2,3)4;;;/h3H,1H2,2H3;2*(H3,1,2,3,4);3*1H2. The van der Waals surface area contributed by atoms with Crippen molar-refractivity contribution in [3.8, 4) is 0 Å². The van der Waals surface area contributed by atoms with Crippen LogP contribution in [0.15, 0.2) is 12.8 Å². The molecule has 0 fully saturated rings. The van der Waals surface area contributed by atoms with Crippen molar-refractivity contribution >= 4 is 21.6 Å². The average Bonchev–Trinajstić information content (AvgIpc) is 1.76. The van der Waals surface area contributed by atoms with Crippen LogP contribution in [0.1, 0.15) is 6.92 Å². The quantitative estimate of drug-likeness (QED) is 0.155. The molecule has 0 radical (unpaired) electrons. The summed E-state index contributed by atoms with van der Waals surface area (Å²) >= 11 is 0. The molecule has 122 valence electrons. The molecule has 13 nitrogen and oxygen atoms in total. The first-order valence-electron chi connectivity index (χ1n) is 3.12. The molecule has 0 bridgehead atoms. The molecule has 0 unspecified atom stereocenters. The molecule has 15 heteroatoms. The fourth-order valence-corrected chi connectivity index (χ4v) is 0.117. The third-order valence-corrected chi connectivity index (χ3v) is 0.249. The summed E-state index contributed by atoms with van der Waals surface area (Å²) in [6, 6.07) is 0. The Kier molecular flexibility index (Phi) is 33.0. The first-order valence-corrected chi connectivity index (χ1v) is 6.25. The highest BCUT2D eigenvalue weighted by Crippen LogP contribution is 2.26. The molecule has 0 aromatic heterocycles. The molecular formula is C4H18O13P2. The molecule has 0 aromatic rings. The van der Waals surface area contributed by atoms with Gasteiger partial charge in [-0.3, -0.25) is 4.79 Å². The molecule has 0 aliphatic heterocycles. The Morgan fingerprint density at radius 2 is 1.11 bits per heavy atom. The van der Waals surface area contributed by atoms with Gasteiger partial charge in [0.15, 0.2) is 0 Å². The molecule has 0 aliphatic rings. The molecule has 0 heterocycles. The monoisotopic (exact) mass is 336 g/mol. The molecule has 0 amide bonds. The van der Waals surface area contributed by atoms with E-state index in [1.165, 1.54) is 6.92 Å². The Balaban J connectivity index is -0.0000000311. The van der Waals surface area contributed by atoms with Crippen LogP contribution in [0.5, 0.6) is 0 Å². The Morgan fingerprint density at radius 3 is 1.11 bits per heavy atom. The van der Waals surface area contributed by atoms with Crippen LogP contribution in [0, 0.1) is 0 Å². The van der Waals surface area contributed by atoms with Gasteiger partial charge in [0.05, 0.1) is 6.26 Å². The van der Waals surface area contributed by atoms with Gasteiger partial charge in [-0.05, 0) is 0 Å². The van der Waals surface area contributed by atoms with E-state index in [1.54, 1.807) is 0 Å². The largest absolute Gasteiger partial charge is 0.466 e. The van der Waals surface area contributed by atoms with Gasteiger partial charge in [0.25, 0.3) is 0 Å². The summed E-state index contributed by atoms with van der Waals surface area (Å²) in [5, 5.41) is 0. The summed E-state index contributed by atoms with van der Waals surface area (Å²) in [5.74, 6) is -0.329. The van der Waals surface area contributed by atoms with Crippen molar-refractivity contribution in [1.29, 1.82) is 0 Å². The van der Waals surface area contributed by atoms with Crippen LogP contribution in [-0.2, 0) is 18.7 Å². The van der Waals surface area contributed by atoms with Crippen LogP contribution in [0.4, 0.5) is 0 Å². The van der Waals surface area contributed by atoms with E-state index in [4.69, 9.17) is 38.5 Å². The normalized spacial score (nSPS) is 8.37.